The van der Waals surface area contributed by atoms with Gasteiger partial charge in [0, 0.05) is 12.3 Å². The summed E-state index contributed by atoms with van der Waals surface area (Å²) in [5, 5.41) is 8.27. The van der Waals surface area contributed by atoms with Crippen molar-refractivity contribution in [3.8, 4) is 5.75 Å². The van der Waals surface area contributed by atoms with Crippen LogP contribution in [0.4, 0.5) is 0 Å². The minimum Gasteiger partial charge on any atom is -0.491 e. The van der Waals surface area contributed by atoms with E-state index in [0.717, 1.165) is 29.9 Å². The smallest absolute Gasteiger partial charge is 0.123 e. The molecule has 0 amide bonds. The van der Waals surface area contributed by atoms with E-state index in [9.17, 15) is 0 Å². The third kappa shape index (κ3) is 3.34. The molecule has 2 rings (SSSR count). The Morgan fingerprint density at radius 1 is 1.26 bits per heavy atom. The fraction of sp³-hybridized carbons (Fsp3) is 0.467. The number of rotatable bonds is 4. The van der Waals surface area contributed by atoms with E-state index in [1.165, 1.54) is 0 Å². The van der Waals surface area contributed by atoms with Crippen LogP contribution in [0.25, 0.3) is 0 Å². The van der Waals surface area contributed by atoms with Gasteiger partial charge in [-0.3, -0.25) is 0 Å². The molecule has 0 spiro atoms. The highest BCUT2D eigenvalue weighted by Crippen LogP contribution is 2.22. The quantitative estimate of drug-likeness (QED) is 0.903. The summed E-state index contributed by atoms with van der Waals surface area (Å²) in [5.41, 5.74) is 7.86. The molecule has 0 radical (unpaired) electrons. The van der Waals surface area contributed by atoms with E-state index in [2.05, 4.69) is 17.1 Å². The molecule has 4 nitrogen and oxygen atoms in total. The summed E-state index contributed by atoms with van der Waals surface area (Å²) < 4.78 is 5.64. The number of hydrogen-bond donors (Lipinski definition) is 1. The summed E-state index contributed by atoms with van der Waals surface area (Å²) in [4.78, 5) is 0. The first-order valence-corrected chi connectivity index (χ1v) is 6.77. The molecule has 1 aliphatic rings. The molecule has 2 N–H and O–H groups in total. The van der Waals surface area contributed by atoms with Gasteiger partial charge < -0.3 is 10.5 Å². The Kier molecular flexibility index (Phi) is 4.20. The molecule has 0 saturated heterocycles. The maximum absolute atomic E-state index is 5.74. The second-order valence-electron chi connectivity index (χ2n) is 5.08. The van der Waals surface area contributed by atoms with Gasteiger partial charge in [0.25, 0.3) is 0 Å². The van der Waals surface area contributed by atoms with E-state index >= 15 is 0 Å². The first-order valence-electron chi connectivity index (χ1n) is 6.77. The minimum atomic E-state index is 0.186. The maximum Gasteiger partial charge on any atom is 0.123 e. The average molecular weight is 259 g/mol. The van der Waals surface area contributed by atoms with Crippen LogP contribution in [0.5, 0.6) is 5.75 Å². The lowest BCUT2D eigenvalue weighted by Gasteiger charge is -2.20. The monoisotopic (exact) mass is 259 g/mol. The molecule has 4 heteroatoms. The Labute approximate surface area is 114 Å². The van der Waals surface area contributed by atoms with Crippen LogP contribution < -0.4 is 10.5 Å². The SMILES string of the molecule is CCC1CC(N)=NN=C1c1ccc(OC(C)C)cc1. The molecule has 1 aromatic rings. The molecule has 1 atom stereocenters. The molecule has 0 saturated carbocycles. The Balaban J connectivity index is 2.21. The van der Waals surface area contributed by atoms with Crippen LogP contribution in [0, 0.1) is 5.92 Å². The van der Waals surface area contributed by atoms with E-state index in [0.29, 0.717) is 11.8 Å². The summed E-state index contributed by atoms with van der Waals surface area (Å²) >= 11 is 0. The number of ether oxygens (including phenoxy) is 1. The normalized spacial score (nSPS) is 19.1. The molecule has 19 heavy (non-hydrogen) atoms. The zero-order valence-electron chi connectivity index (χ0n) is 11.8. The molecule has 0 fully saturated rings. The van der Waals surface area contributed by atoms with Gasteiger partial charge in [-0.15, -0.1) is 5.10 Å². The van der Waals surface area contributed by atoms with E-state index in [-0.39, 0.29) is 6.10 Å². The van der Waals surface area contributed by atoms with Crippen LogP contribution >= 0.6 is 0 Å². The Hall–Kier alpha value is -1.84. The van der Waals surface area contributed by atoms with Crippen molar-refractivity contribution >= 4 is 11.5 Å². The summed E-state index contributed by atoms with van der Waals surface area (Å²) in [6, 6.07) is 8.03. The molecule has 0 bridgehead atoms. The Morgan fingerprint density at radius 2 is 1.95 bits per heavy atom. The lowest BCUT2D eigenvalue weighted by atomic mass is 9.90. The highest BCUT2D eigenvalue weighted by molar-refractivity contribution is 6.05. The Bertz CT molecular complexity index is 489. The minimum absolute atomic E-state index is 0.186. The van der Waals surface area contributed by atoms with Crippen LogP contribution in [-0.4, -0.2) is 17.7 Å². The third-order valence-electron chi connectivity index (χ3n) is 3.14. The second kappa shape index (κ2) is 5.87. The van der Waals surface area contributed by atoms with Crippen molar-refractivity contribution < 1.29 is 4.74 Å². The van der Waals surface area contributed by atoms with Crippen molar-refractivity contribution in [1.29, 1.82) is 0 Å². The molecule has 0 aliphatic carbocycles. The van der Waals surface area contributed by atoms with Gasteiger partial charge in [-0.1, -0.05) is 6.92 Å². The van der Waals surface area contributed by atoms with Crippen molar-refractivity contribution in [3.05, 3.63) is 29.8 Å². The fourth-order valence-corrected chi connectivity index (χ4v) is 2.20. The molecule has 1 heterocycles. The molecule has 1 aliphatic heterocycles. The second-order valence-corrected chi connectivity index (χ2v) is 5.08. The van der Waals surface area contributed by atoms with Crippen LogP contribution in [0.2, 0.25) is 0 Å². The van der Waals surface area contributed by atoms with E-state index in [1.807, 2.05) is 38.1 Å². The van der Waals surface area contributed by atoms with Crippen LogP contribution in [0.1, 0.15) is 39.2 Å². The van der Waals surface area contributed by atoms with E-state index in [1.54, 1.807) is 0 Å². The summed E-state index contributed by atoms with van der Waals surface area (Å²) in [6.45, 7) is 6.18. The number of amidine groups is 1. The number of nitrogens with zero attached hydrogens (tertiary/aromatic N) is 2. The molecule has 102 valence electrons. The summed E-state index contributed by atoms with van der Waals surface area (Å²) in [7, 11) is 0. The predicted octanol–water partition coefficient (Wildman–Crippen LogP) is 2.97. The van der Waals surface area contributed by atoms with E-state index < -0.39 is 0 Å². The van der Waals surface area contributed by atoms with Gasteiger partial charge in [0.05, 0.1) is 11.8 Å². The van der Waals surface area contributed by atoms with Crippen molar-refractivity contribution in [2.75, 3.05) is 0 Å². The topological polar surface area (TPSA) is 60.0 Å². The van der Waals surface area contributed by atoms with Gasteiger partial charge >= 0.3 is 0 Å². The van der Waals surface area contributed by atoms with Gasteiger partial charge in [-0.2, -0.15) is 5.10 Å². The maximum atomic E-state index is 5.74. The van der Waals surface area contributed by atoms with Crippen molar-refractivity contribution in [3.63, 3.8) is 0 Å². The lowest BCUT2D eigenvalue weighted by molar-refractivity contribution is 0.242. The first kappa shape index (κ1) is 13.6. The summed E-state index contributed by atoms with van der Waals surface area (Å²) in [5.74, 6) is 1.86. The molecule has 0 aromatic heterocycles. The highest BCUT2D eigenvalue weighted by Gasteiger charge is 2.21. The van der Waals surface area contributed by atoms with Gasteiger partial charge in [0.2, 0.25) is 0 Å². The molecule has 1 aromatic carbocycles. The van der Waals surface area contributed by atoms with Crippen LogP contribution in [-0.2, 0) is 0 Å². The molecular formula is C15H21N3O. The third-order valence-corrected chi connectivity index (χ3v) is 3.14. The first-order chi connectivity index (χ1) is 9.10. The average Bonchev–Trinajstić information content (AvgIpc) is 2.39. The molecular weight excluding hydrogens is 238 g/mol. The summed E-state index contributed by atoms with van der Waals surface area (Å²) in [6.07, 6.45) is 1.99. The van der Waals surface area contributed by atoms with Crippen molar-refractivity contribution in [2.24, 2.45) is 21.9 Å². The Morgan fingerprint density at radius 3 is 2.53 bits per heavy atom. The van der Waals surface area contributed by atoms with Crippen molar-refractivity contribution in [1.82, 2.24) is 0 Å². The van der Waals surface area contributed by atoms with Crippen molar-refractivity contribution in [2.45, 2.75) is 39.7 Å². The lowest BCUT2D eigenvalue weighted by Crippen LogP contribution is -2.26. The van der Waals surface area contributed by atoms with Crippen LogP contribution in [0.15, 0.2) is 34.5 Å². The zero-order chi connectivity index (χ0) is 13.8. The highest BCUT2D eigenvalue weighted by atomic mass is 16.5. The van der Waals surface area contributed by atoms with E-state index in [4.69, 9.17) is 10.5 Å². The van der Waals surface area contributed by atoms with Gasteiger partial charge in [-0.25, -0.2) is 0 Å². The predicted molar refractivity (Wildman–Crippen MR) is 78.8 cm³/mol. The standard InChI is InChI=1S/C15H21N3O/c1-4-11-9-14(16)17-18-15(11)12-5-7-13(8-6-12)19-10(2)3/h5-8,10-11H,4,9H2,1-3H3,(H2,16,17). The largest absolute Gasteiger partial charge is 0.491 e. The van der Waals surface area contributed by atoms with Gasteiger partial charge in [-0.05, 0) is 50.1 Å². The zero-order valence-corrected chi connectivity index (χ0v) is 11.8. The fourth-order valence-electron chi connectivity index (χ4n) is 2.20. The number of nitrogens with two attached hydrogens (primary N) is 1. The van der Waals surface area contributed by atoms with Gasteiger partial charge in [0.1, 0.15) is 11.6 Å². The van der Waals surface area contributed by atoms with Gasteiger partial charge in [0.15, 0.2) is 0 Å². The van der Waals surface area contributed by atoms with Crippen LogP contribution in [0.3, 0.4) is 0 Å². The molecule has 1 unspecified atom stereocenters. The number of benzene rings is 1. The number of hydrogen-bond acceptors (Lipinski definition) is 4.